The zero-order chi connectivity index (χ0) is 19.2. The molecule has 1 aromatic heterocycles. The standard InChI is InChI=1S/C17H20N4O4S/c1-13-7-8-15(25-3)16(10-13)26(23,24)21(2)12-17(22)20-19-11-14-6-4-5-9-18-14/h4-11H,12H2,1-3H3,(H,20,22)/b19-11+. The molecule has 1 heterocycles. The van der Waals surface area contributed by atoms with Gasteiger partial charge in [-0.2, -0.15) is 9.41 Å². The molecule has 0 atom stereocenters. The molecule has 0 aliphatic carbocycles. The number of ether oxygens (including phenoxy) is 1. The zero-order valence-corrected chi connectivity index (χ0v) is 15.5. The predicted molar refractivity (Wildman–Crippen MR) is 97.5 cm³/mol. The van der Waals surface area contributed by atoms with Gasteiger partial charge in [-0.05, 0) is 36.8 Å². The van der Waals surface area contributed by atoms with Crippen LogP contribution < -0.4 is 10.2 Å². The number of pyridine rings is 1. The lowest BCUT2D eigenvalue weighted by Gasteiger charge is -2.18. The van der Waals surface area contributed by atoms with Crippen molar-refractivity contribution >= 4 is 22.1 Å². The number of amides is 1. The predicted octanol–water partition coefficient (Wildman–Crippen LogP) is 1.17. The molecule has 2 aromatic rings. The van der Waals surface area contributed by atoms with Crippen LogP contribution in [-0.2, 0) is 14.8 Å². The van der Waals surface area contributed by atoms with E-state index in [0.717, 1.165) is 9.87 Å². The van der Waals surface area contributed by atoms with Gasteiger partial charge >= 0.3 is 0 Å². The molecule has 8 nitrogen and oxygen atoms in total. The maximum Gasteiger partial charge on any atom is 0.255 e. The maximum atomic E-state index is 12.7. The minimum Gasteiger partial charge on any atom is -0.495 e. The van der Waals surface area contributed by atoms with Crippen LogP contribution in [0.3, 0.4) is 0 Å². The molecule has 9 heteroatoms. The van der Waals surface area contributed by atoms with Gasteiger partial charge in [-0.15, -0.1) is 0 Å². The summed E-state index contributed by atoms with van der Waals surface area (Å²) in [6, 6.07) is 10.1. The first-order chi connectivity index (χ1) is 12.3. The Labute approximate surface area is 152 Å². The van der Waals surface area contributed by atoms with Crippen LogP contribution in [0.1, 0.15) is 11.3 Å². The molecule has 2 rings (SSSR count). The van der Waals surface area contributed by atoms with Crippen LogP contribution in [-0.4, -0.2) is 50.5 Å². The van der Waals surface area contributed by atoms with Gasteiger partial charge in [0.25, 0.3) is 5.91 Å². The fourth-order valence-corrected chi connectivity index (χ4v) is 3.46. The van der Waals surface area contributed by atoms with Gasteiger partial charge in [0.05, 0.1) is 25.6 Å². The SMILES string of the molecule is COc1ccc(C)cc1S(=O)(=O)N(C)CC(=O)N/N=C/c1ccccn1. The van der Waals surface area contributed by atoms with Gasteiger partial charge in [0.2, 0.25) is 10.0 Å². The summed E-state index contributed by atoms with van der Waals surface area (Å²) in [6.45, 7) is 1.39. The molecule has 0 bridgehead atoms. The summed E-state index contributed by atoms with van der Waals surface area (Å²) >= 11 is 0. The van der Waals surface area contributed by atoms with Gasteiger partial charge in [0.1, 0.15) is 10.6 Å². The van der Waals surface area contributed by atoms with E-state index in [1.165, 1.54) is 26.4 Å². The van der Waals surface area contributed by atoms with Crippen molar-refractivity contribution in [1.29, 1.82) is 0 Å². The molecule has 0 aliphatic heterocycles. The number of methoxy groups -OCH3 is 1. The van der Waals surface area contributed by atoms with E-state index < -0.39 is 15.9 Å². The van der Waals surface area contributed by atoms with Crippen molar-refractivity contribution in [1.82, 2.24) is 14.7 Å². The number of hydrazone groups is 1. The van der Waals surface area contributed by atoms with Gasteiger partial charge < -0.3 is 4.74 Å². The van der Waals surface area contributed by atoms with Crippen LogP contribution in [0.25, 0.3) is 0 Å². The highest BCUT2D eigenvalue weighted by molar-refractivity contribution is 7.89. The van der Waals surface area contributed by atoms with Crippen molar-refractivity contribution in [3.8, 4) is 5.75 Å². The second-order valence-corrected chi connectivity index (χ2v) is 7.48. The molecule has 0 unspecified atom stereocenters. The summed E-state index contributed by atoms with van der Waals surface area (Å²) in [7, 11) is -1.18. The molecule has 0 radical (unpaired) electrons. The molecule has 0 fully saturated rings. The number of likely N-dealkylation sites (N-methyl/N-ethyl adjacent to an activating group) is 1. The Kier molecular flexibility index (Phi) is 6.42. The molecule has 1 amide bonds. The third-order valence-corrected chi connectivity index (χ3v) is 5.27. The second-order valence-electron chi connectivity index (χ2n) is 5.46. The molecular weight excluding hydrogens is 356 g/mol. The quantitative estimate of drug-likeness (QED) is 0.577. The van der Waals surface area contributed by atoms with Crippen LogP contribution >= 0.6 is 0 Å². The Morgan fingerprint density at radius 1 is 1.35 bits per heavy atom. The van der Waals surface area contributed by atoms with Crippen molar-refractivity contribution in [2.75, 3.05) is 20.7 Å². The van der Waals surface area contributed by atoms with E-state index >= 15 is 0 Å². The number of carbonyl (C=O) groups is 1. The van der Waals surface area contributed by atoms with E-state index in [1.807, 2.05) is 0 Å². The van der Waals surface area contributed by atoms with Crippen LogP contribution in [0.15, 0.2) is 52.6 Å². The van der Waals surface area contributed by atoms with Crippen molar-refractivity contribution in [3.05, 3.63) is 53.9 Å². The summed E-state index contributed by atoms with van der Waals surface area (Å²) in [5, 5.41) is 3.76. The third-order valence-electron chi connectivity index (χ3n) is 3.45. The van der Waals surface area contributed by atoms with Gasteiger partial charge in [-0.3, -0.25) is 9.78 Å². The molecule has 0 aliphatic rings. The Bertz CT molecular complexity index is 898. The van der Waals surface area contributed by atoms with Crippen LogP contribution in [0.5, 0.6) is 5.75 Å². The van der Waals surface area contributed by atoms with Crippen molar-refractivity contribution in [2.24, 2.45) is 5.10 Å². The molecule has 26 heavy (non-hydrogen) atoms. The van der Waals surface area contributed by atoms with Gasteiger partial charge in [0, 0.05) is 13.2 Å². The van der Waals surface area contributed by atoms with E-state index in [2.05, 4.69) is 15.5 Å². The average Bonchev–Trinajstić information content (AvgIpc) is 2.62. The zero-order valence-electron chi connectivity index (χ0n) is 14.7. The number of rotatable bonds is 7. The molecule has 1 N–H and O–H groups in total. The average molecular weight is 376 g/mol. The van der Waals surface area contributed by atoms with Crippen molar-refractivity contribution < 1.29 is 17.9 Å². The molecule has 0 saturated heterocycles. The molecule has 1 aromatic carbocycles. The summed E-state index contributed by atoms with van der Waals surface area (Å²) in [6.07, 6.45) is 2.97. The smallest absolute Gasteiger partial charge is 0.255 e. The Hall–Kier alpha value is -2.78. The van der Waals surface area contributed by atoms with E-state index in [-0.39, 0.29) is 17.2 Å². The van der Waals surface area contributed by atoms with E-state index in [1.54, 1.807) is 43.5 Å². The minimum absolute atomic E-state index is 0.00675. The minimum atomic E-state index is -3.89. The van der Waals surface area contributed by atoms with Crippen LogP contribution in [0.2, 0.25) is 0 Å². The number of nitrogens with zero attached hydrogens (tertiary/aromatic N) is 3. The first kappa shape index (κ1) is 19.5. The number of sulfonamides is 1. The number of hydrogen-bond donors (Lipinski definition) is 1. The summed E-state index contributed by atoms with van der Waals surface area (Å²) in [5.41, 5.74) is 3.61. The third kappa shape index (κ3) is 4.87. The number of aryl methyl sites for hydroxylation is 1. The first-order valence-corrected chi connectivity index (χ1v) is 9.12. The first-order valence-electron chi connectivity index (χ1n) is 7.68. The highest BCUT2D eigenvalue weighted by Crippen LogP contribution is 2.26. The Morgan fingerprint density at radius 3 is 2.77 bits per heavy atom. The van der Waals surface area contributed by atoms with Crippen LogP contribution in [0, 0.1) is 6.92 Å². The number of benzene rings is 1. The Morgan fingerprint density at radius 2 is 2.12 bits per heavy atom. The summed E-state index contributed by atoms with van der Waals surface area (Å²) in [5.74, 6) is -0.356. The lowest BCUT2D eigenvalue weighted by molar-refractivity contribution is -0.121. The Balaban J connectivity index is 2.06. The van der Waals surface area contributed by atoms with Gasteiger partial charge in [-0.25, -0.2) is 13.8 Å². The number of aromatic nitrogens is 1. The number of nitrogens with one attached hydrogen (secondary N) is 1. The summed E-state index contributed by atoms with van der Waals surface area (Å²) < 4.78 is 31.5. The molecule has 0 saturated carbocycles. The van der Waals surface area contributed by atoms with E-state index in [4.69, 9.17) is 4.74 Å². The molecular formula is C17H20N4O4S. The molecule has 138 valence electrons. The van der Waals surface area contributed by atoms with Crippen molar-refractivity contribution in [2.45, 2.75) is 11.8 Å². The van der Waals surface area contributed by atoms with E-state index in [9.17, 15) is 13.2 Å². The normalized spacial score (nSPS) is 11.7. The van der Waals surface area contributed by atoms with Gasteiger partial charge in [0.15, 0.2) is 0 Å². The lowest BCUT2D eigenvalue weighted by atomic mass is 10.2. The maximum absolute atomic E-state index is 12.7. The fourth-order valence-electron chi connectivity index (χ4n) is 2.10. The van der Waals surface area contributed by atoms with Crippen LogP contribution in [0.4, 0.5) is 0 Å². The lowest BCUT2D eigenvalue weighted by Crippen LogP contribution is -2.36. The number of hydrogen-bond acceptors (Lipinski definition) is 6. The highest BCUT2D eigenvalue weighted by atomic mass is 32.2. The fraction of sp³-hybridized carbons (Fsp3) is 0.235. The largest absolute Gasteiger partial charge is 0.495 e. The molecule has 0 spiro atoms. The number of carbonyl (C=O) groups excluding carboxylic acids is 1. The van der Waals surface area contributed by atoms with E-state index in [0.29, 0.717) is 5.69 Å². The highest BCUT2D eigenvalue weighted by Gasteiger charge is 2.26. The van der Waals surface area contributed by atoms with Gasteiger partial charge in [-0.1, -0.05) is 12.1 Å². The summed E-state index contributed by atoms with van der Waals surface area (Å²) in [4.78, 5) is 16.0. The van der Waals surface area contributed by atoms with Crippen molar-refractivity contribution in [3.63, 3.8) is 0 Å². The topological polar surface area (TPSA) is 101 Å². The second kappa shape index (κ2) is 8.54. The monoisotopic (exact) mass is 376 g/mol.